The fourth-order valence-electron chi connectivity index (χ4n) is 4.07. The first-order chi connectivity index (χ1) is 17.2. The van der Waals surface area contributed by atoms with Crippen molar-refractivity contribution in [3.8, 4) is 0 Å². The Morgan fingerprint density at radius 2 is 1.78 bits per heavy atom. The average molecular weight is 568 g/mol. The highest BCUT2D eigenvalue weighted by atomic mass is 35.5. The number of benzene rings is 2. The number of anilines is 2. The zero-order chi connectivity index (χ0) is 25.9. The normalized spacial score (nSPS) is 13.1. The molecule has 11 heteroatoms. The second-order valence-electron chi connectivity index (χ2n) is 8.08. The summed E-state index contributed by atoms with van der Waals surface area (Å²) in [5.41, 5.74) is 1.31. The average Bonchev–Trinajstić information content (AvgIpc) is 3.23. The number of amides is 1. The number of esters is 1. The molecule has 0 saturated heterocycles. The molecular weight excluding hydrogens is 543 g/mol. The summed E-state index contributed by atoms with van der Waals surface area (Å²) in [6.45, 7) is 1.34. The van der Waals surface area contributed by atoms with E-state index in [9.17, 15) is 18.0 Å². The second-order valence-corrected chi connectivity index (χ2v) is 11.8. The molecule has 3 aromatic rings. The molecule has 1 aliphatic carbocycles. The summed E-state index contributed by atoms with van der Waals surface area (Å²) in [5, 5.41) is 3.28. The fourth-order valence-corrected chi connectivity index (χ4v) is 7.27. The van der Waals surface area contributed by atoms with Crippen LogP contribution in [-0.2, 0) is 32.4 Å². The van der Waals surface area contributed by atoms with E-state index in [1.54, 1.807) is 31.2 Å². The Bertz CT molecular complexity index is 1390. The van der Waals surface area contributed by atoms with Crippen LogP contribution in [0.5, 0.6) is 0 Å². The zero-order valence-corrected chi connectivity index (χ0v) is 22.6. The molecule has 1 aliphatic rings. The Morgan fingerprint density at radius 1 is 1.06 bits per heavy atom. The minimum absolute atomic E-state index is 0.00488. The van der Waals surface area contributed by atoms with E-state index in [0.717, 1.165) is 40.4 Å². The third-order valence-electron chi connectivity index (χ3n) is 5.72. The van der Waals surface area contributed by atoms with Crippen LogP contribution in [0.25, 0.3) is 0 Å². The van der Waals surface area contributed by atoms with Crippen molar-refractivity contribution in [1.29, 1.82) is 0 Å². The number of carbonyl (C=O) groups is 2. The van der Waals surface area contributed by atoms with E-state index >= 15 is 0 Å². The maximum Gasteiger partial charge on any atom is 0.341 e. The van der Waals surface area contributed by atoms with Gasteiger partial charge in [-0.05, 0) is 62.4 Å². The molecule has 4 rings (SSSR count). The maximum atomic E-state index is 13.6. The first-order valence-corrected chi connectivity index (χ1v) is 14.4. The predicted octanol–water partition coefficient (Wildman–Crippen LogP) is 5.94. The summed E-state index contributed by atoms with van der Waals surface area (Å²) in [4.78, 5) is 27.0. The van der Waals surface area contributed by atoms with Crippen LogP contribution in [0.15, 0.2) is 53.4 Å². The summed E-state index contributed by atoms with van der Waals surface area (Å²) in [6, 6.07) is 12.3. The molecule has 7 nitrogen and oxygen atoms in total. The van der Waals surface area contributed by atoms with Crippen molar-refractivity contribution in [2.24, 2.45) is 0 Å². The second kappa shape index (κ2) is 11.2. The number of nitrogens with one attached hydrogen (secondary N) is 1. The molecule has 190 valence electrons. The van der Waals surface area contributed by atoms with Crippen LogP contribution in [0.2, 0.25) is 10.0 Å². The lowest BCUT2D eigenvalue weighted by Crippen LogP contribution is -2.38. The van der Waals surface area contributed by atoms with E-state index in [4.69, 9.17) is 27.9 Å². The number of hydrogen-bond donors (Lipinski definition) is 1. The van der Waals surface area contributed by atoms with E-state index in [0.29, 0.717) is 10.6 Å². The van der Waals surface area contributed by atoms with Crippen molar-refractivity contribution in [3.05, 3.63) is 74.6 Å². The molecule has 0 fully saturated rings. The molecular formula is C25H24Cl2N2O5S2. The number of sulfonamides is 1. The monoisotopic (exact) mass is 566 g/mol. The van der Waals surface area contributed by atoms with Crippen molar-refractivity contribution in [2.45, 2.75) is 37.5 Å². The molecule has 0 radical (unpaired) electrons. The number of carbonyl (C=O) groups excluding carboxylic acids is 2. The number of rotatable bonds is 8. The summed E-state index contributed by atoms with van der Waals surface area (Å²) < 4.78 is 33.3. The Hall–Kier alpha value is -2.59. The highest BCUT2D eigenvalue weighted by Crippen LogP contribution is 2.39. The van der Waals surface area contributed by atoms with Gasteiger partial charge in [0.2, 0.25) is 5.91 Å². The number of aryl methyl sites for hydroxylation is 1. The molecule has 36 heavy (non-hydrogen) atoms. The Balaban J connectivity index is 1.70. The third-order valence-corrected chi connectivity index (χ3v) is 9.51. The topological polar surface area (TPSA) is 92.8 Å². The van der Waals surface area contributed by atoms with Crippen LogP contribution >= 0.6 is 34.5 Å². The van der Waals surface area contributed by atoms with Crippen LogP contribution in [0, 0.1) is 0 Å². The summed E-state index contributed by atoms with van der Waals surface area (Å²) in [7, 11) is -4.18. The summed E-state index contributed by atoms with van der Waals surface area (Å²) in [5.74, 6) is -1.13. The molecule has 0 spiro atoms. The quantitative estimate of drug-likeness (QED) is 0.340. The minimum atomic E-state index is -4.18. The van der Waals surface area contributed by atoms with Crippen LogP contribution < -0.4 is 9.62 Å². The third kappa shape index (κ3) is 5.39. The van der Waals surface area contributed by atoms with Crippen molar-refractivity contribution in [1.82, 2.24) is 0 Å². The number of fused-ring (bicyclic) bond motifs is 1. The van der Waals surface area contributed by atoms with E-state index in [1.165, 1.54) is 35.6 Å². The Kier molecular flexibility index (Phi) is 8.24. The van der Waals surface area contributed by atoms with Crippen LogP contribution in [0.3, 0.4) is 0 Å². The van der Waals surface area contributed by atoms with Gasteiger partial charge in [-0.15, -0.1) is 11.3 Å². The Morgan fingerprint density at radius 3 is 2.50 bits per heavy atom. The molecule has 1 aromatic heterocycles. The number of nitrogens with zero attached hydrogens (tertiary/aromatic N) is 1. The van der Waals surface area contributed by atoms with Crippen LogP contribution in [-0.4, -0.2) is 33.4 Å². The van der Waals surface area contributed by atoms with Crippen molar-refractivity contribution in [2.75, 3.05) is 22.8 Å². The number of thiophene rings is 1. The van der Waals surface area contributed by atoms with Gasteiger partial charge in [0.05, 0.1) is 32.8 Å². The van der Waals surface area contributed by atoms with E-state index < -0.39 is 28.4 Å². The van der Waals surface area contributed by atoms with Gasteiger partial charge in [0, 0.05) is 4.88 Å². The van der Waals surface area contributed by atoms with E-state index in [-0.39, 0.29) is 27.2 Å². The SMILES string of the molecule is CCOC(=O)c1c(NC(=O)CN(c2cccc(Cl)c2Cl)S(=O)(=O)c2ccccc2)sc2c1CCCC2. The van der Waals surface area contributed by atoms with Crippen molar-refractivity contribution in [3.63, 3.8) is 0 Å². The fraction of sp³-hybridized carbons (Fsp3) is 0.280. The van der Waals surface area contributed by atoms with Gasteiger partial charge in [0.25, 0.3) is 10.0 Å². The molecule has 1 heterocycles. The van der Waals surface area contributed by atoms with Crippen LogP contribution in [0.4, 0.5) is 10.7 Å². The maximum absolute atomic E-state index is 13.6. The van der Waals surface area contributed by atoms with Crippen molar-refractivity contribution >= 4 is 67.1 Å². The molecule has 2 aromatic carbocycles. The van der Waals surface area contributed by atoms with E-state index in [1.807, 2.05) is 0 Å². The summed E-state index contributed by atoms with van der Waals surface area (Å²) >= 11 is 13.9. The molecule has 0 bridgehead atoms. The lowest BCUT2D eigenvalue weighted by Gasteiger charge is -2.25. The number of hydrogen-bond acceptors (Lipinski definition) is 6. The highest BCUT2D eigenvalue weighted by molar-refractivity contribution is 7.92. The smallest absolute Gasteiger partial charge is 0.341 e. The summed E-state index contributed by atoms with van der Waals surface area (Å²) in [6.07, 6.45) is 3.48. The predicted molar refractivity (Wildman–Crippen MR) is 143 cm³/mol. The van der Waals surface area contributed by atoms with Gasteiger partial charge < -0.3 is 10.1 Å². The molecule has 1 N–H and O–H groups in total. The standard InChI is InChI=1S/C25H24Cl2N2O5S2/c1-2-34-25(31)22-17-11-6-7-14-20(17)35-24(22)28-21(30)15-29(19-13-8-12-18(26)23(19)27)36(32,33)16-9-4-3-5-10-16/h3-5,8-10,12-13H,2,6-7,11,14-15H2,1H3,(H,28,30). The van der Waals surface area contributed by atoms with E-state index in [2.05, 4.69) is 5.32 Å². The minimum Gasteiger partial charge on any atom is -0.462 e. The first kappa shape index (κ1) is 26.5. The van der Waals surface area contributed by atoms with Gasteiger partial charge in [-0.25, -0.2) is 13.2 Å². The van der Waals surface area contributed by atoms with Gasteiger partial charge >= 0.3 is 5.97 Å². The van der Waals surface area contributed by atoms with Gasteiger partial charge in [-0.2, -0.15) is 0 Å². The molecule has 0 saturated carbocycles. The molecule has 0 atom stereocenters. The van der Waals surface area contributed by atoms with Crippen molar-refractivity contribution < 1.29 is 22.7 Å². The first-order valence-electron chi connectivity index (χ1n) is 11.4. The number of ether oxygens (including phenoxy) is 1. The Labute approximate surface area is 224 Å². The zero-order valence-electron chi connectivity index (χ0n) is 19.4. The van der Waals surface area contributed by atoms with Gasteiger partial charge in [-0.1, -0.05) is 47.5 Å². The highest BCUT2D eigenvalue weighted by Gasteiger charge is 2.31. The molecule has 1 amide bonds. The molecule has 0 unspecified atom stereocenters. The number of halogens is 2. The van der Waals surface area contributed by atoms with Crippen LogP contribution in [0.1, 0.15) is 40.6 Å². The van der Waals surface area contributed by atoms with Gasteiger partial charge in [0.15, 0.2) is 0 Å². The largest absolute Gasteiger partial charge is 0.462 e. The van der Waals surface area contributed by atoms with Gasteiger partial charge in [0.1, 0.15) is 11.5 Å². The lowest BCUT2D eigenvalue weighted by atomic mass is 9.95. The lowest BCUT2D eigenvalue weighted by molar-refractivity contribution is -0.114. The molecule has 0 aliphatic heterocycles. The van der Waals surface area contributed by atoms with Gasteiger partial charge in [-0.3, -0.25) is 9.10 Å².